The van der Waals surface area contributed by atoms with E-state index >= 15 is 0 Å². The molecule has 0 saturated carbocycles. The van der Waals surface area contributed by atoms with Gasteiger partial charge in [-0.3, -0.25) is 10.1 Å². The van der Waals surface area contributed by atoms with Crippen LogP contribution < -0.4 is 11.1 Å². The van der Waals surface area contributed by atoms with Crippen LogP contribution in [-0.2, 0) is 14.8 Å². The number of benzene rings is 1. The first-order valence-corrected chi connectivity index (χ1v) is 7.68. The molecule has 0 saturated heterocycles. The number of primary amides is 1. The monoisotopic (exact) mass is 299 g/mol. The van der Waals surface area contributed by atoms with Gasteiger partial charge in [0.2, 0.25) is 15.9 Å². The third-order valence-corrected chi connectivity index (χ3v) is 4.91. The second-order valence-corrected chi connectivity index (χ2v) is 7.02. The Morgan fingerprint density at radius 1 is 1.20 bits per heavy atom. The topological polar surface area (TPSA) is 92.5 Å². The Balaban J connectivity index is 2.89. The maximum Gasteiger partial charge on any atom is 0.242 e. The number of carbonyl (C=O) groups excluding carboxylic acids is 1. The van der Waals surface area contributed by atoms with Crippen LogP contribution in [0, 0.1) is 0 Å². The summed E-state index contributed by atoms with van der Waals surface area (Å²) in [6.45, 7) is 3.57. The van der Waals surface area contributed by atoms with Gasteiger partial charge in [0.1, 0.15) is 0 Å². The van der Waals surface area contributed by atoms with Crippen LogP contribution in [0.5, 0.6) is 0 Å². The largest absolute Gasteiger partial charge is 0.368 e. The third-order valence-electron chi connectivity index (χ3n) is 3.09. The first-order valence-electron chi connectivity index (χ1n) is 6.24. The fraction of sp³-hybridized carbons (Fsp3) is 0.462. The van der Waals surface area contributed by atoms with Crippen LogP contribution in [0.4, 0.5) is 0 Å². The fourth-order valence-electron chi connectivity index (χ4n) is 1.69. The summed E-state index contributed by atoms with van der Waals surface area (Å²) in [7, 11) is -0.441. The zero-order valence-corrected chi connectivity index (χ0v) is 12.9. The Kier molecular flexibility index (Phi) is 5.27. The minimum atomic E-state index is -3.42. The molecule has 0 aliphatic heterocycles. The third kappa shape index (κ3) is 3.78. The second kappa shape index (κ2) is 6.34. The molecule has 0 fully saturated rings. The van der Waals surface area contributed by atoms with Crippen molar-refractivity contribution in [1.82, 2.24) is 9.62 Å². The molecule has 20 heavy (non-hydrogen) atoms. The molecule has 1 amide bonds. The summed E-state index contributed by atoms with van der Waals surface area (Å²) in [5.41, 5.74) is 6.08. The van der Waals surface area contributed by atoms with E-state index in [0.29, 0.717) is 0 Å². The first kappa shape index (κ1) is 16.6. The van der Waals surface area contributed by atoms with Crippen LogP contribution in [0.2, 0.25) is 0 Å². The van der Waals surface area contributed by atoms with Gasteiger partial charge in [0.15, 0.2) is 0 Å². The summed E-state index contributed by atoms with van der Waals surface area (Å²) in [5.74, 6) is -0.427. The summed E-state index contributed by atoms with van der Waals surface area (Å²) >= 11 is 0. The van der Waals surface area contributed by atoms with E-state index < -0.39 is 22.0 Å². The van der Waals surface area contributed by atoms with E-state index in [9.17, 15) is 13.2 Å². The zero-order valence-electron chi connectivity index (χ0n) is 12.1. The Labute approximate surface area is 120 Å². The molecule has 3 N–H and O–H groups in total. The summed E-state index contributed by atoms with van der Waals surface area (Å²) in [6.07, 6.45) is 0. The number of hydrogen-bond acceptors (Lipinski definition) is 4. The number of sulfonamides is 1. The van der Waals surface area contributed by atoms with Gasteiger partial charge in [0.25, 0.3) is 0 Å². The van der Waals surface area contributed by atoms with Gasteiger partial charge in [0, 0.05) is 20.1 Å². The average Bonchev–Trinajstić information content (AvgIpc) is 2.38. The van der Waals surface area contributed by atoms with Gasteiger partial charge in [-0.15, -0.1) is 0 Å². The Morgan fingerprint density at radius 3 is 2.10 bits per heavy atom. The van der Waals surface area contributed by atoms with Gasteiger partial charge in [0.05, 0.1) is 10.9 Å². The molecule has 0 spiro atoms. The van der Waals surface area contributed by atoms with Gasteiger partial charge >= 0.3 is 0 Å². The predicted octanol–water partition coefficient (Wildman–Crippen LogP) is 0.461. The highest BCUT2D eigenvalue weighted by Gasteiger charge is 2.18. The lowest BCUT2D eigenvalue weighted by molar-refractivity contribution is -0.119. The highest BCUT2D eigenvalue weighted by molar-refractivity contribution is 7.89. The molecule has 6 nitrogen and oxygen atoms in total. The molecule has 2 unspecified atom stereocenters. The van der Waals surface area contributed by atoms with Gasteiger partial charge < -0.3 is 5.73 Å². The van der Waals surface area contributed by atoms with Gasteiger partial charge in [-0.1, -0.05) is 12.1 Å². The van der Waals surface area contributed by atoms with Crippen LogP contribution in [-0.4, -0.2) is 38.8 Å². The van der Waals surface area contributed by atoms with Crippen LogP contribution >= 0.6 is 0 Å². The number of nitrogens with zero attached hydrogens (tertiary/aromatic N) is 1. The molecule has 0 aliphatic carbocycles. The van der Waals surface area contributed by atoms with Crippen LogP contribution in [0.25, 0.3) is 0 Å². The van der Waals surface area contributed by atoms with Gasteiger partial charge in [-0.25, -0.2) is 12.7 Å². The molecule has 1 rings (SSSR count). The highest BCUT2D eigenvalue weighted by Crippen LogP contribution is 2.18. The smallest absolute Gasteiger partial charge is 0.242 e. The van der Waals surface area contributed by atoms with E-state index in [4.69, 9.17) is 5.73 Å². The zero-order chi connectivity index (χ0) is 15.5. The van der Waals surface area contributed by atoms with E-state index in [2.05, 4.69) is 5.32 Å². The normalized spacial score (nSPS) is 15.1. The van der Waals surface area contributed by atoms with Crippen molar-refractivity contribution >= 4 is 15.9 Å². The van der Waals surface area contributed by atoms with E-state index in [-0.39, 0.29) is 10.9 Å². The van der Waals surface area contributed by atoms with Crippen molar-refractivity contribution in [2.45, 2.75) is 30.8 Å². The minimum absolute atomic E-state index is 0.103. The quantitative estimate of drug-likeness (QED) is 0.798. The molecular formula is C13H21N3O3S. The maximum absolute atomic E-state index is 11.9. The lowest BCUT2D eigenvalue weighted by Crippen LogP contribution is -2.40. The summed E-state index contributed by atoms with van der Waals surface area (Å²) in [5, 5.41) is 3.04. The van der Waals surface area contributed by atoms with E-state index in [0.717, 1.165) is 5.56 Å². The van der Waals surface area contributed by atoms with Crippen molar-refractivity contribution in [3.8, 4) is 0 Å². The lowest BCUT2D eigenvalue weighted by Gasteiger charge is -2.18. The molecule has 1 aromatic carbocycles. The number of nitrogens with one attached hydrogen (secondary N) is 1. The molecule has 0 aliphatic rings. The van der Waals surface area contributed by atoms with Crippen LogP contribution in [0.3, 0.4) is 0 Å². The molecule has 0 radical (unpaired) electrons. The minimum Gasteiger partial charge on any atom is -0.368 e. The number of carbonyl (C=O) groups is 1. The number of rotatable bonds is 6. The first-order chi connectivity index (χ1) is 9.16. The number of hydrogen-bond donors (Lipinski definition) is 2. The molecule has 112 valence electrons. The van der Waals surface area contributed by atoms with E-state index in [1.807, 2.05) is 6.92 Å². The molecule has 7 heteroatoms. The van der Waals surface area contributed by atoms with Gasteiger partial charge in [-0.05, 0) is 31.5 Å². The standard InChI is InChI=1S/C13H21N3O3S/c1-9(15-10(2)13(14)17)11-5-7-12(8-6-11)20(18,19)16(3)4/h5-10,15H,1-4H3,(H2,14,17). The number of nitrogens with two attached hydrogens (primary N) is 1. The van der Waals surface area contributed by atoms with Crippen molar-refractivity contribution in [2.24, 2.45) is 5.73 Å². The van der Waals surface area contributed by atoms with E-state index in [1.165, 1.54) is 18.4 Å². The van der Waals surface area contributed by atoms with E-state index in [1.54, 1.807) is 31.2 Å². The number of amides is 1. The van der Waals surface area contributed by atoms with Crippen molar-refractivity contribution in [3.05, 3.63) is 29.8 Å². The summed E-state index contributed by atoms with van der Waals surface area (Å²) in [4.78, 5) is 11.2. The Morgan fingerprint density at radius 2 is 1.70 bits per heavy atom. The molecule has 1 aromatic rings. The van der Waals surface area contributed by atoms with Crippen molar-refractivity contribution in [3.63, 3.8) is 0 Å². The average molecular weight is 299 g/mol. The molecule has 0 aromatic heterocycles. The summed E-state index contributed by atoms with van der Waals surface area (Å²) < 4.78 is 25.0. The fourth-order valence-corrected chi connectivity index (χ4v) is 2.59. The Hall–Kier alpha value is -1.44. The van der Waals surface area contributed by atoms with Crippen molar-refractivity contribution in [1.29, 1.82) is 0 Å². The van der Waals surface area contributed by atoms with Crippen molar-refractivity contribution < 1.29 is 13.2 Å². The van der Waals surface area contributed by atoms with Crippen LogP contribution in [0.15, 0.2) is 29.2 Å². The van der Waals surface area contributed by atoms with Crippen LogP contribution in [0.1, 0.15) is 25.5 Å². The molecule has 0 heterocycles. The molecular weight excluding hydrogens is 278 g/mol. The van der Waals surface area contributed by atoms with Gasteiger partial charge in [-0.2, -0.15) is 0 Å². The Bertz CT molecular complexity index is 567. The summed E-state index contributed by atoms with van der Waals surface area (Å²) in [6, 6.07) is 6.00. The SMILES string of the molecule is CC(NC(C)c1ccc(S(=O)(=O)N(C)C)cc1)C(N)=O. The lowest BCUT2D eigenvalue weighted by atomic mass is 10.1. The molecule has 2 atom stereocenters. The predicted molar refractivity (Wildman–Crippen MR) is 77.5 cm³/mol. The molecule has 0 bridgehead atoms. The maximum atomic E-state index is 11.9. The van der Waals surface area contributed by atoms with Crippen molar-refractivity contribution in [2.75, 3.05) is 14.1 Å². The second-order valence-electron chi connectivity index (χ2n) is 4.87. The highest BCUT2D eigenvalue weighted by atomic mass is 32.2.